The first-order valence-electron chi connectivity index (χ1n) is 7.91. The number of aromatic nitrogens is 4. The van der Waals surface area contributed by atoms with Crippen molar-refractivity contribution in [1.82, 2.24) is 18.7 Å². The number of nitrogens with zero attached hydrogens (tertiary/aromatic N) is 5. The number of rotatable bonds is 4. The molecule has 27 heavy (non-hydrogen) atoms. The molecule has 0 aliphatic heterocycles. The van der Waals surface area contributed by atoms with Crippen molar-refractivity contribution in [2.45, 2.75) is 13.0 Å². The van der Waals surface area contributed by atoms with Gasteiger partial charge < -0.3 is 5.32 Å². The highest BCUT2D eigenvalue weighted by Crippen LogP contribution is 2.16. The topological polar surface area (TPSA) is 115 Å². The fourth-order valence-electron chi connectivity index (χ4n) is 2.71. The van der Waals surface area contributed by atoms with Crippen LogP contribution < -0.4 is 16.6 Å². The molecule has 1 N–H and O–H groups in total. The lowest BCUT2D eigenvalue weighted by molar-refractivity contribution is -0.116. The third-order valence-corrected chi connectivity index (χ3v) is 4.41. The third-order valence-electron chi connectivity index (χ3n) is 4.12. The largest absolute Gasteiger partial charge is 0.332 e. The molecule has 2 aromatic heterocycles. The van der Waals surface area contributed by atoms with E-state index in [1.165, 1.54) is 23.2 Å². The number of hydrogen-bond donors (Lipinski definition) is 1. The number of imidazole rings is 1. The molecule has 0 unspecified atom stereocenters. The zero-order valence-corrected chi connectivity index (χ0v) is 15.3. The number of carbonyl (C=O) groups is 1. The van der Waals surface area contributed by atoms with Crippen molar-refractivity contribution in [2.75, 3.05) is 5.32 Å². The Balaban J connectivity index is 1.91. The molecule has 0 bridgehead atoms. The first kappa shape index (κ1) is 18.4. The first-order chi connectivity index (χ1) is 12.8. The molecule has 0 saturated carbocycles. The number of halogens is 1. The number of benzene rings is 1. The highest BCUT2D eigenvalue weighted by atomic mass is 35.5. The Hall–Kier alpha value is -3.38. The summed E-state index contributed by atoms with van der Waals surface area (Å²) in [6, 6.07) is 8.89. The van der Waals surface area contributed by atoms with E-state index in [4.69, 9.17) is 16.9 Å². The highest BCUT2D eigenvalue weighted by molar-refractivity contribution is 6.29. The molecule has 3 rings (SSSR count). The van der Waals surface area contributed by atoms with Crippen LogP contribution in [-0.2, 0) is 31.9 Å². The summed E-state index contributed by atoms with van der Waals surface area (Å²) < 4.78 is 3.39. The Morgan fingerprint density at radius 1 is 1.22 bits per heavy atom. The Kier molecular flexibility index (Phi) is 4.83. The lowest BCUT2D eigenvalue weighted by Gasteiger charge is -2.09. The van der Waals surface area contributed by atoms with Gasteiger partial charge in [-0.2, -0.15) is 10.2 Å². The van der Waals surface area contributed by atoms with E-state index < -0.39 is 17.2 Å². The van der Waals surface area contributed by atoms with Crippen LogP contribution in [0.25, 0.3) is 11.2 Å². The minimum atomic E-state index is -0.582. The molecule has 138 valence electrons. The summed E-state index contributed by atoms with van der Waals surface area (Å²) in [7, 11) is 2.82. The van der Waals surface area contributed by atoms with E-state index >= 15 is 0 Å². The fourth-order valence-corrected chi connectivity index (χ4v) is 2.93. The third kappa shape index (κ3) is 3.35. The molecule has 0 saturated heterocycles. The summed E-state index contributed by atoms with van der Waals surface area (Å²) in [6.45, 7) is -0.247. The lowest BCUT2D eigenvalue weighted by atomic mass is 10.1. The van der Waals surface area contributed by atoms with Crippen LogP contribution >= 0.6 is 11.6 Å². The molecule has 2 heterocycles. The summed E-state index contributed by atoms with van der Waals surface area (Å²) in [5, 5.41) is 11.3. The van der Waals surface area contributed by atoms with Crippen LogP contribution in [0.4, 0.5) is 5.69 Å². The molecule has 0 spiro atoms. The minimum Gasteiger partial charge on any atom is -0.325 e. The Morgan fingerprint density at radius 3 is 2.52 bits per heavy atom. The maximum atomic E-state index is 12.4. The summed E-state index contributed by atoms with van der Waals surface area (Å²) in [6.07, 6.45) is 0.285. The van der Waals surface area contributed by atoms with Crippen LogP contribution in [0.3, 0.4) is 0 Å². The van der Waals surface area contributed by atoms with Crippen molar-refractivity contribution < 1.29 is 4.79 Å². The van der Waals surface area contributed by atoms with Gasteiger partial charge in [0.05, 0.1) is 12.5 Å². The van der Waals surface area contributed by atoms with Gasteiger partial charge in [0, 0.05) is 19.8 Å². The average Bonchev–Trinajstić information content (AvgIpc) is 2.96. The molecule has 9 nitrogen and oxygen atoms in total. The number of fused-ring (bicyclic) bond motifs is 1. The van der Waals surface area contributed by atoms with E-state index in [1.807, 2.05) is 6.07 Å². The molecule has 1 aromatic carbocycles. The molecule has 0 aliphatic carbocycles. The zero-order valence-electron chi connectivity index (χ0n) is 14.6. The maximum Gasteiger partial charge on any atom is 0.332 e. The molecule has 0 radical (unpaired) electrons. The summed E-state index contributed by atoms with van der Waals surface area (Å²) in [5.74, 6) is -0.417. The fraction of sp³-hybridized carbons (Fsp3) is 0.235. The molecule has 10 heteroatoms. The van der Waals surface area contributed by atoms with E-state index in [2.05, 4.69) is 10.3 Å². The highest BCUT2D eigenvalue weighted by Gasteiger charge is 2.19. The van der Waals surface area contributed by atoms with E-state index in [0.29, 0.717) is 5.69 Å². The Labute approximate surface area is 158 Å². The molecular formula is C17H15ClN6O3. The predicted molar refractivity (Wildman–Crippen MR) is 99.6 cm³/mol. The van der Waals surface area contributed by atoms with Gasteiger partial charge in [-0.25, -0.2) is 4.79 Å². The molecule has 0 aliphatic rings. The van der Waals surface area contributed by atoms with Gasteiger partial charge >= 0.3 is 5.69 Å². The molecule has 0 fully saturated rings. The maximum absolute atomic E-state index is 12.4. The second-order valence-corrected chi connectivity index (χ2v) is 6.26. The van der Waals surface area contributed by atoms with Crippen molar-refractivity contribution in [3.8, 4) is 6.07 Å². The number of nitriles is 1. The van der Waals surface area contributed by atoms with Gasteiger partial charge in [-0.15, -0.1) is 0 Å². The van der Waals surface area contributed by atoms with Gasteiger partial charge in [-0.05, 0) is 29.3 Å². The SMILES string of the molecule is Cn1c(=O)c2c(nc(Cl)n2CC(=O)Nc2ccc(CC#N)cc2)n(C)c1=O. The quantitative estimate of drug-likeness (QED) is 0.666. The number of anilines is 1. The summed E-state index contributed by atoms with van der Waals surface area (Å²) in [5.41, 5.74) is 0.453. The van der Waals surface area contributed by atoms with Gasteiger partial charge in [0.25, 0.3) is 5.56 Å². The Morgan fingerprint density at radius 2 is 1.89 bits per heavy atom. The van der Waals surface area contributed by atoms with Gasteiger partial charge in [0.1, 0.15) is 6.54 Å². The Bertz CT molecular complexity index is 1200. The van der Waals surface area contributed by atoms with E-state index in [9.17, 15) is 14.4 Å². The smallest absolute Gasteiger partial charge is 0.325 e. The van der Waals surface area contributed by atoms with Crippen LogP contribution in [0.2, 0.25) is 5.28 Å². The van der Waals surface area contributed by atoms with Gasteiger partial charge in [0.15, 0.2) is 11.2 Å². The van der Waals surface area contributed by atoms with E-state index in [0.717, 1.165) is 10.1 Å². The van der Waals surface area contributed by atoms with Crippen LogP contribution in [-0.4, -0.2) is 24.6 Å². The molecule has 3 aromatic rings. The van der Waals surface area contributed by atoms with Crippen LogP contribution in [0.15, 0.2) is 33.9 Å². The molecule has 0 atom stereocenters. The monoisotopic (exact) mass is 386 g/mol. The number of hydrogen-bond acceptors (Lipinski definition) is 5. The standard InChI is InChI=1S/C17H15ClN6O3/c1-22-14-13(15(26)23(2)17(22)27)24(16(18)21-14)9-12(25)20-11-5-3-10(4-6-11)7-8-19/h3-6H,7,9H2,1-2H3,(H,20,25). The lowest BCUT2D eigenvalue weighted by Crippen LogP contribution is -2.37. The number of carbonyl (C=O) groups excluding carboxylic acids is 1. The van der Waals surface area contributed by atoms with Crippen molar-refractivity contribution in [1.29, 1.82) is 5.26 Å². The van der Waals surface area contributed by atoms with Crippen molar-refractivity contribution >= 4 is 34.4 Å². The number of amides is 1. The average molecular weight is 387 g/mol. The summed E-state index contributed by atoms with van der Waals surface area (Å²) >= 11 is 6.10. The number of aryl methyl sites for hydroxylation is 1. The van der Waals surface area contributed by atoms with Crippen molar-refractivity contribution in [3.05, 3.63) is 56.0 Å². The first-order valence-corrected chi connectivity index (χ1v) is 8.28. The molecular weight excluding hydrogens is 372 g/mol. The second kappa shape index (κ2) is 7.09. The van der Waals surface area contributed by atoms with E-state index in [-0.39, 0.29) is 29.4 Å². The van der Waals surface area contributed by atoms with Crippen LogP contribution in [0.5, 0.6) is 0 Å². The van der Waals surface area contributed by atoms with Crippen molar-refractivity contribution in [3.63, 3.8) is 0 Å². The number of nitrogens with one attached hydrogen (secondary N) is 1. The van der Waals surface area contributed by atoms with Gasteiger partial charge in [0.2, 0.25) is 11.2 Å². The second-order valence-electron chi connectivity index (χ2n) is 5.92. The van der Waals surface area contributed by atoms with Crippen LogP contribution in [0, 0.1) is 11.3 Å². The minimum absolute atomic E-state index is 0.0668. The van der Waals surface area contributed by atoms with E-state index in [1.54, 1.807) is 24.3 Å². The molecule has 1 amide bonds. The van der Waals surface area contributed by atoms with Gasteiger partial charge in [-0.1, -0.05) is 12.1 Å². The van der Waals surface area contributed by atoms with Crippen molar-refractivity contribution in [2.24, 2.45) is 14.1 Å². The normalized spacial score (nSPS) is 10.7. The summed E-state index contributed by atoms with van der Waals surface area (Å²) in [4.78, 5) is 40.9. The zero-order chi connectivity index (χ0) is 19.7. The van der Waals surface area contributed by atoms with Crippen LogP contribution in [0.1, 0.15) is 5.56 Å². The van der Waals surface area contributed by atoms with Gasteiger partial charge in [-0.3, -0.25) is 23.3 Å². The predicted octanol–water partition coefficient (Wildman–Crippen LogP) is 0.792.